The molecule has 0 aliphatic rings. The molecule has 0 bridgehead atoms. The highest BCUT2D eigenvalue weighted by atomic mass is 28.2. The van der Waals surface area contributed by atoms with Crippen molar-refractivity contribution in [3.63, 3.8) is 0 Å². The fourth-order valence-electron chi connectivity index (χ4n) is 0.719. The molecule has 11 heavy (non-hydrogen) atoms. The molecular formula is C10H8Si. The molecular weight excluding hydrogens is 148 g/mol. The van der Waals surface area contributed by atoms with Gasteiger partial charge in [0.25, 0.3) is 0 Å². The Hall–Kier alpha value is -1.44. The van der Waals surface area contributed by atoms with E-state index in [1.807, 2.05) is 30.3 Å². The first-order valence-corrected chi connectivity index (χ1v) is 4.82. The van der Waals surface area contributed by atoms with Crippen molar-refractivity contribution in [1.29, 1.82) is 0 Å². The predicted octanol–water partition coefficient (Wildman–Crippen LogP) is 0.755. The van der Waals surface area contributed by atoms with E-state index < -0.39 is 9.52 Å². The highest BCUT2D eigenvalue weighted by Crippen LogP contribution is 1.93. The van der Waals surface area contributed by atoms with Crippen LogP contribution in [0.3, 0.4) is 0 Å². The number of hydrogen-bond acceptors (Lipinski definition) is 0. The Morgan fingerprint density at radius 3 is 2.55 bits per heavy atom. The molecule has 1 rings (SSSR count). The van der Waals surface area contributed by atoms with Crippen LogP contribution in [0.1, 0.15) is 5.56 Å². The molecule has 1 aromatic carbocycles. The van der Waals surface area contributed by atoms with Crippen molar-refractivity contribution in [1.82, 2.24) is 0 Å². The van der Waals surface area contributed by atoms with Gasteiger partial charge in [-0.15, -0.1) is 17.5 Å². The van der Waals surface area contributed by atoms with E-state index in [2.05, 4.69) is 17.0 Å². The second-order valence-corrected chi connectivity index (χ2v) is 3.16. The third kappa shape index (κ3) is 2.75. The van der Waals surface area contributed by atoms with Gasteiger partial charge in [-0.05, 0) is 12.1 Å². The molecule has 52 valence electrons. The summed E-state index contributed by atoms with van der Waals surface area (Å²) < 4.78 is 0. The molecule has 0 spiro atoms. The van der Waals surface area contributed by atoms with Gasteiger partial charge in [0, 0.05) is 5.56 Å². The van der Waals surface area contributed by atoms with Crippen LogP contribution in [0.5, 0.6) is 0 Å². The van der Waals surface area contributed by atoms with Crippen molar-refractivity contribution in [3.05, 3.63) is 35.9 Å². The van der Waals surface area contributed by atoms with Crippen LogP contribution in [-0.4, -0.2) is 9.52 Å². The zero-order valence-corrected chi connectivity index (χ0v) is 7.59. The van der Waals surface area contributed by atoms with Crippen molar-refractivity contribution in [2.24, 2.45) is 0 Å². The maximum absolute atomic E-state index is 5.10. The number of benzene rings is 1. The van der Waals surface area contributed by atoms with Gasteiger partial charge >= 0.3 is 0 Å². The lowest BCUT2D eigenvalue weighted by Gasteiger charge is -1.84. The molecule has 0 radical (unpaired) electrons. The lowest BCUT2D eigenvalue weighted by Crippen LogP contribution is -1.77. The third-order valence-electron chi connectivity index (χ3n) is 1.20. The molecule has 0 saturated heterocycles. The van der Waals surface area contributed by atoms with Crippen LogP contribution in [0.25, 0.3) is 0 Å². The average Bonchev–Trinajstić information content (AvgIpc) is 2.07. The molecule has 1 heteroatoms. The van der Waals surface area contributed by atoms with E-state index in [1.165, 1.54) is 0 Å². The minimum atomic E-state index is -0.555. The van der Waals surface area contributed by atoms with Gasteiger partial charge in [-0.25, -0.2) is 0 Å². The molecule has 0 heterocycles. The minimum absolute atomic E-state index is 0.555. The number of hydrogen-bond donors (Lipinski definition) is 0. The van der Waals surface area contributed by atoms with Crippen LogP contribution in [0, 0.1) is 23.4 Å². The van der Waals surface area contributed by atoms with Crippen LogP contribution in [0.2, 0.25) is 0 Å². The lowest BCUT2D eigenvalue weighted by atomic mass is 10.2. The Kier molecular flexibility index (Phi) is 3.05. The van der Waals surface area contributed by atoms with E-state index in [0.717, 1.165) is 5.56 Å². The first-order chi connectivity index (χ1) is 5.43. The molecule has 0 fully saturated rings. The van der Waals surface area contributed by atoms with Gasteiger partial charge in [-0.3, -0.25) is 0 Å². The van der Waals surface area contributed by atoms with Crippen LogP contribution in [0.15, 0.2) is 30.3 Å². The van der Waals surface area contributed by atoms with Crippen molar-refractivity contribution < 1.29 is 0 Å². The molecule has 1 aromatic rings. The second-order valence-electron chi connectivity index (χ2n) is 2.05. The summed E-state index contributed by atoms with van der Waals surface area (Å²) in [4.78, 5) is 0. The molecule has 0 amide bonds. The van der Waals surface area contributed by atoms with Gasteiger partial charge < -0.3 is 0 Å². The quantitative estimate of drug-likeness (QED) is 0.384. The SMILES string of the molecule is C#C[SiH2]C#Cc1ccccc1. The van der Waals surface area contributed by atoms with Gasteiger partial charge in [0.2, 0.25) is 0 Å². The number of rotatable bonds is 0. The fourth-order valence-corrected chi connectivity index (χ4v) is 1.11. The van der Waals surface area contributed by atoms with Gasteiger partial charge in [-0.2, -0.15) is 0 Å². The summed E-state index contributed by atoms with van der Waals surface area (Å²) in [5, 5.41) is 0. The Bertz CT molecular complexity index is 308. The largest absolute Gasteiger partial charge is 0.187 e. The van der Waals surface area contributed by atoms with Crippen LogP contribution >= 0.6 is 0 Å². The highest BCUT2D eigenvalue weighted by molar-refractivity contribution is 6.55. The lowest BCUT2D eigenvalue weighted by molar-refractivity contribution is 1.65. The normalized spacial score (nSPS) is 8.64. The Labute approximate surface area is 69.5 Å². The summed E-state index contributed by atoms with van der Waals surface area (Å²) in [7, 11) is -0.555. The van der Waals surface area contributed by atoms with E-state index >= 15 is 0 Å². The van der Waals surface area contributed by atoms with E-state index in [9.17, 15) is 0 Å². The average molecular weight is 156 g/mol. The summed E-state index contributed by atoms with van der Waals surface area (Å²) in [6.07, 6.45) is 5.10. The third-order valence-corrected chi connectivity index (χ3v) is 1.75. The van der Waals surface area contributed by atoms with Crippen molar-refractivity contribution in [2.45, 2.75) is 0 Å². The number of terminal acetylenes is 1. The molecule has 0 aromatic heterocycles. The van der Waals surface area contributed by atoms with Gasteiger partial charge in [0.1, 0.15) is 0 Å². The minimum Gasteiger partial charge on any atom is -0.127 e. The fraction of sp³-hybridized carbons (Fsp3) is 0. The molecule has 0 unspecified atom stereocenters. The highest BCUT2D eigenvalue weighted by Gasteiger charge is 1.79. The van der Waals surface area contributed by atoms with Crippen LogP contribution in [0.4, 0.5) is 0 Å². The summed E-state index contributed by atoms with van der Waals surface area (Å²) in [6, 6.07) is 9.89. The van der Waals surface area contributed by atoms with Crippen LogP contribution in [-0.2, 0) is 0 Å². The maximum Gasteiger partial charge on any atom is 0.187 e. The smallest absolute Gasteiger partial charge is 0.127 e. The topological polar surface area (TPSA) is 0 Å². The first-order valence-electron chi connectivity index (χ1n) is 3.41. The van der Waals surface area contributed by atoms with Gasteiger partial charge in [-0.1, -0.05) is 24.1 Å². The molecule has 0 aliphatic heterocycles. The van der Waals surface area contributed by atoms with E-state index in [-0.39, 0.29) is 0 Å². The Morgan fingerprint density at radius 2 is 1.91 bits per heavy atom. The summed E-state index contributed by atoms with van der Waals surface area (Å²) in [5.41, 5.74) is 6.66. The molecule has 0 saturated carbocycles. The zero-order valence-electron chi connectivity index (χ0n) is 6.17. The van der Waals surface area contributed by atoms with Gasteiger partial charge in [0.05, 0.1) is 0 Å². The first kappa shape index (κ1) is 7.66. The standard InChI is InChI=1S/C10H8Si/c1-2-11-9-8-10-6-4-3-5-7-10/h1,3-7H,11H2. The second kappa shape index (κ2) is 4.38. The molecule has 0 aliphatic carbocycles. The van der Waals surface area contributed by atoms with Crippen LogP contribution < -0.4 is 0 Å². The van der Waals surface area contributed by atoms with Gasteiger partial charge in [0.15, 0.2) is 9.52 Å². The van der Waals surface area contributed by atoms with E-state index in [4.69, 9.17) is 6.42 Å². The van der Waals surface area contributed by atoms with Crippen molar-refractivity contribution in [3.8, 4) is 23.4 Å². The molecule has 0 nitrogen and oxygen atoms in total. The maximum atomic E-state index is 5.10. The Morgan fingerprint density at radius 1 is 1.18 bits per heavy atom. The van der Waals surface area contributed by atoms with E-state index in [1.54, 1.807) is 0 Å². The molecule has 0 atom stereocenters. The summed E-state index contributed by atoms with van der Waals surface area (Å²) >= 11 is 0. The summed E-state index contributed by atoms with van der Waals surface area (Å²) in [6.45, 7) is 0. The zero-order chi connectivity index (χ0) is 7.94. The monoisotopic (exact) mass is 156 g/mol. The van der Waals surface area contributed by atoms with Crippen molar-refractivity contribution >= 4 is 9.52 Å². The Balaban J connectivity index is 2.68. The van der Waals surface area contributed by atoms with Crippen molar-refractivity contribution in [2.75, 3.05) is 0 Å². The summed E-state index contributed by atoms with van der Waals surface area (Å²) in [5.74, 6) is 3.01. The predicted molar refractivity (Wildman–Crippen MR) is 50.7 cm³/mol. The molecule has 0 N–H and O–H groups in total. The van der Waals surface area contributed by atoms with E-state index in [0.29, 0.717) is 0 Å².